The summed E-state index contributed by atoms with van der Waals surface area (Å²) in [6, 6.07) is 25.0. The van der Waals surface area contributed by atoms with Gasteiger partial charge in [0.1, 0.15) is 5.82 Å². The van der Waals surface area contributed by atoms with Crippen LogP contribution in [-0.4, -0.2) is 71.0 Å². The molecule has 0 saturated heterocycles. The molecular formula is C55H77FN4O6. The number of ether oxygens (including phenoxy) is 1. The van der Waals surface area contributed by atoms with E-state index in [1.54, 1.807) is 12.1 Å². The van der Waals surface area contributed by atoms with Crippen LogP contribution >= 0.6 is 0 Å². The van der Waals surface area contributed by atoms with E-state index in [1.165, 1.54) is 69.9 Å². The second kappa shape index (κ2) is 31.0. The molecule has 0 fully saturated rings. The maximum Gasteiger partial charge on any atom is 0.258 e. The smallest absolute Gasteiger partial charge is 0.258 e. The van der Waals surface area contributed by atoms with Gasteiger partial charge in [-0.05, 0) is 98.4 Å². The molecule has 0 aliphatic heterocycles. The highest BCUT2D eigenvalue weighted by Crippen LogP contribution is 2.42. The van der Waals surface area contributed by atoms with Crippen LogP contribution in [0.5, 0.6) is 0 Å². The number of benzene rings is 3. The maximum absolute atomic E-state index is 14.3. The van der Waals surface area contributed by atoms with Crippen molar-refractivity contribution in [2.75, 3.05) is 31.6 Å². The molecule has 66 heavy (non-hydrogen) atoms. The third-order valence-electron chi connectivity index (χ3n) is 11.7. The Bertz CT molecular complexity index is 2020. The SMILES string of the molecule is CCCCCCCCC=CCCCCCCCC(=O)NCCOCCNC(=O)C[C@H](O)C[C@H](O)CCn1c(-c2ccc(F)cc2)c(-c2ccccc2)c(C(=O)Nc2ccccc2)c1C(C)C. The molecular weight excluding hydrogens is 832 g/mol. The average molecular weight is 909 g/mol. The number of rotatable bonds is 33. The van der Waals surface area contributed by atoms with Crippen molar-refractivity contribution in [2.24, 2.45) is 0 Å². The zero-order valence-corrected chi connectivity index (χ0v) is 39.9. The lowest BCUT2D eigenvalue weighted by atomic mass is 9.94. The fourth-order valence-corrected chi connectivity index (χ4v) is 8.36. The fraction of sp³-hybridized carbons (Fsp3) is 0.509. The van der Waals surface area contributed by atoms with Crippen molar-refractivity contribution in [1.82, 2.24) is 15.2 Å². The van der Waals surface area contributed by atoms with Gasteiger partial charge >= 0.3 is 0 Å². The number of unbranched alkanes of at least 4 members (excludes halogenated alkanes) is 11. The van der Waals surface area contributed by atoms with Crippen LogP contribution in [0.3, 0.4) is 0 Å². The van der Waals surface area contributed by atoms with E-state index in [0.717, 1.165) is 36.9 Å². The quantitative estimate of drug-likeness (QED) is 0.0238. The van der Waals surface area contributed by atoms with E-state index in [0.29, 0.717) is 47.6 Å². The highest BCUT2D eigenvalue weighted by Gasteiger charge is 2.31. The zero-order valence-electron chi connectivity index (χ0n) is 39.9. The van der Waals surface area contributed by atoms with Gasteiger partial charge in [-0.2, -0.15) is 0 Å². The van der Waals surface area contributed by atoms with E-state index in [9.17, 15) is 29.0 Å². The lowest BCUT2D eigenvalue weighted by Gasteiger charge is -2.20. The highest BCUT2D eigenvalue weighted by molar-refractivity contribution is 6.12. The van der Waals surface area contributed by atoms with Crippen LogP contribution < -0.4 is 16.0 Å². The topological polar surface area (TPSA) is 142 Å². The van der Waals surface area contributed by atoms with Gasteiger partial charge in [-0.1, -0.05) is 133 Å². The van der Waals surface area contributed by atoms with Gasteiger partial charge in [-0.25, -0.2) is 4.39 Å². The van der Waals surface area contributed by atoms with Gasteiger partial charge in [0, 0.05) is 43.0 Å². The Morgan fingerprint density at radius 3 is 1.89 bits per heavy atom. The Kier molecular flexibility index (Phi) is 25.1. The Morgan fingerprint density at radius 1 is 0.697 bits per heavy atom. The number of anilines is 1. The Hall–Kier alpha value is -5.10. The maximum atomic E-state index is 14.3. The number of allylic oxidation sites excluding steroid dienone is 2. The molecule has 0 saturated carbocycles. The van der Waals surface area contributed by atoms with Gasteiger partial charge in [0.05, 0.1) is 43.1 Å². The van der Waals surface area contributed by atoms with Gasteiger partial charge in [-0.3, -0.25) is 14.4 Å². The van der Waals surface area contributed by atoms with E-state index in [2.05, 4.69) is 35.0 Å². The average Bonchev–Trinajstić information content (AvgIpc) is 3.66. The number of carbonyl (C=O) groups is 3. The summed E-state index contributed by atoms with van der Waals surface area (Å²) in [6.45, 7) is 7.80. The summed E-state index contributed by atoms with van der Waals surface area (Å²) in [5.41, 5.74) is 4.83. The number of nitrogens with zero attached hydrogens (tertiary/aromatic N) is 1. The van der Waals surface area contributed by atoms with Gasteiger partial charge in [0.25, 0.3) is 5.91 Å². The highest BCUT2D eigenvalue weighted by atomic mass is 19.1. The van der Waals surface area contributed by atoms with Crippen LogP contribution in [0.15, 0.2) is 97.1 Å². The largest absolute Gasteiger partial charge is 0.393 e. The van der Waals surface area contributed by atoms with E-state index >= 15 is 0 Å². The zero-order chi connectivity index (χ0) is 47.4. The lowest BCUT2D eigenvalue weighted by molar-refractivity contribution is -0.123. The van der Waals surface area contributed by atoms with Gasteiger partial charge in [0.2, 0.25) is 11.8 Å². The Balaban J connectivity index is 1.18. The molecule has 0 unspecified atom stereocenters. The first-order chi connectivity index (χ1) is 32.1. The Labute approximate surface area is 393 Å². The van der Waals surface area contributed by atoms with Crippen LogP contribution in [0.2, 0.25) is 0 Å². The van der Waals surface area contributed by atoms with Crippen molar-refractivity contribution in [3.63, 3.8) is 0 Å². The second-order valence-corrected chi connectivity index (χ2v) is 17.7. The molecule has 0 aliphatic carbocycles. The van der Waals surface area contributed by atoms with Crippen LogP contribution in [0.4, 0.5) is 10.1 Å². The van der Waals surface area contributed by atoms with Crippen molar-refractivity contribution in [3.8, 4) is 22.4 Å². The molecule has 360 valence electrons. The summed E-state index contributed by atoms with van der Waals surface area (Å²) in [6.07, 6.45) is 19.0. The van der Waals surface area contributed by atoms with E-state index in [1.807, 2.05) is 79.1 Å². The standard InChI is InChI=1S/C55H77FN4O6/c1-4-5-6-7-8-9-10-11-12-13-14-15-16-17-24-29-49(63)57-35-38-66-39-36-58-50(64)41-48(62)40-47(61)34-37-60-53(42(2)3)52(55(65)59-46-27-22-19-23-28-46)51(43-25-20-18-21-26-43)54(60)44-30-32-45(56)33-31-44/h11-12,18-23,25-28,30-33,42,47-48,61-62H,4-10,13-17,24,29,34-41H2,1-3H3,(H,57,63)(H,58,64)(H,59,65)/t47-,48-/m1/s1. The first-order valence-electron chi connectivity index (χ1n) is 24.6. The molecule has 0 bridgehead atoms. The second-order valence-electron chi connectivity index (χ2n) is 17.7. The summed E-state index contributed by atoms with van der Waals surface area (Å²) in [5.74, 6) is -1.14. The van der Waals surface area contributed by atoms with Crippen molar-refractivity contribution >= 4 is 23.4 Å². The molecule has 3 aromatic carbocycles. The van der Waals surface area contributed by atoms with Crippen molar-refractivity contribution in [2.45, 2.75) is 155 Å². The van der Waals surface area contributed by atoms with Crippen LogP contribution in [-0.2, 0) is 20.9 Å². The van der Waals surface area contributed by atoms with E-state index < -0.39 is 12.2 Å². The van der Waals surface area contributed by atoms with Crippen LogP contribution in [0.1, 0.15) is 152 Å². The fourth-order valence-electron chi connectivity index (χ4n) is 8.36. The number of hydrogen-bond donors (Lipinski definition) is 5. The van der Waals surface area contributed by atoms with Crippen molar-refractivity contribution in [3.05, 3.63) is 114 Å². The number of aromatic nitrogens is 1. The van der Waals surface area contributed by atoms with E-state index in [4.69, 9.17) is 4.74 Å². The lowest BCUT2D eigenvalue weighted by Crippen LogP contribution is -2.32. The predicted molar refractivity (Wildman–Crippen MR) is 266 cm³/mol. The number of halogens is 1. The molecule has 2 atom stereocenters. The minimum Gasteiger partial charge on any atom is -0.393 e. The molecule has 1 heterocycles. The molecule has 11 heteroatoms. The summed E-state index contributed by atoms with van der Waals surface area (Å²) in [7, 11) is 0. The molecule has 0 spiro atoms. The summed E-state index contributed by atoms with van der Waals surface area (Å²) >= 11 is 0. The van der Waals surface area contributed by atoms with Crippen molar-refractivity contribution < 1.29 is 33.7 Å². The predicted octanol–water partition coefficient (Wildman–Crippen LogP) is 11.5. The molecule has 4 rings (SSSR count). The third-order valence-corrected chi connectivity index (χ3v) is 11.7. The van der Waals surface area contributed by atoms with Gasteiger partial charge in [-0.15, -0.1) is 0 Å². The molecule has 0 aliphatic rings. The molecule has 3 amide bonds. The number of aliphatic hydroxyl groups excluding tert-OH is 2. The molecule has 1 aromatic heterocycles. The first kappa shape index (κ1) is 53.5. The number of para-hydroxylation sites is 1. The minimum absolute atomic E-state index is 0.0238. The number of nitrogens with one attached hydrogen (secondary N) is 3. The number of aliphatic hydroxyl groups is 2. The normalized spacial score (nSPS) is 12.4. The van der Waals surface area contributed by atoms with Gasteiger partial charge < -0.3 is 35.5 Å². The van der Waals surface area contributed by atoms with Crippen LogP contribution in [0, 0.1) is 5.82 Å². The third kappa shape index (κ3) is 19.4. The number of amides is 3. The molecule has 5 N–H and O–H groups in total. The molecule has 0 radical (unpaired) electrons. The summed E-state index contributed by atoms with van der Waals surface area (Å²) in [4.78, 5) is 39.2. The Morgan fingerprint density at radius 2 is 1.27 bits per heavy atom. The number of carbonyl (C=O) groups excluding carboxylic acids is 3. The first-order valence-corrected chi connectivity index (χ1v) is 24.6. The minimum atomic E-state index is -1.09. The summed E-state index contributed by atoms with van der Waals surface area (Å²) < 4.78 is 21.9. The molecule has 4 aromatic rings. The summed E-state index contributed by atoms with van der Waals surface area (Å²) in [5, 5.41) is 30.7. The monoisotopic (exact) mass is 909 g/mol. The van der Waals surface area contributed by atoms with Crippen molar-refractivity contribution in [1.29, 1.82) is 0 Å². The number of hydrogen-bond acceptors (Lipinski definition) is 6. The van der Waals surface area contributed by atoms with Crippen LogP contribution in [0.25, 0.3) is 22.4 Å². The van der Waals surface area contributed by atoms with Gasteiger partial charge in [0.15, 0.2) is 0 Å². The van der Waals surface area contributed by atoms with E-state index in [-0.39, 0.29) is 68.4 Å². The molecule has 10 nitrogen and oxygen atoms in total.